The van der Waals surface area contributed by atoms with Gasteiger partial charge in [0.2, 0.25) is 0 Å². The summed E-state index contributed by atoms with van der Waals surface area (Å²) in [6.45, 7) is 15.9. The van der Waals surface area contributed by atoms with Crippen LogP contribution in [-0.4, -0.2) is 0 Å². The molecule has 0 unspecified atom stereocenters. The normalized spacial score (nSPS) is 9.65. The lowest BCUT2D eigenvalue weighted by atomic mass is 10.1. The fraction of sp³-hybridized carbons (Fsp3) is 0.250. The number of allylic oxidation sites excluding steroid dienone is 2. The van der Waals surface area contributed by atoms with Crippen molar-refractivity contribution in [2.45, 2.75) is 27.7 Å². The minimum absolute atomic E-state index is 0.849. The Labute approximate surface area is 104 Å². The Hall–Kier alpha value is -1.76. The van der Waals surface area contributed by atoms with E-state index < -0.39 is 0 Å². The van der Waals surface area contributed by atoms with E-state index in [2.05, 4.69) is 13.2 Å². The first-order valence-electron chi connectivity index (χ1n) is 5.71. The van der Waals surface area contributed by atoms with Crippen LogP contribution in [-0.2, 0) is 0 Å². The van der Waals surface area contributed by atoms with E-state index in [1.54, 1.807) is 0 Å². The summed E-state index contributed by atoms with van der Waals surface area (Å²) in [5, 5.41) is 0. The SMILES string of the molecule is C=Cc1c(C=C(C)C)oc(C=C(C)C)c1C=C. The standard InChI is InChI=1S/C16H20O/c1-7-13-14(8-2)16(10-12(5)6)17-15(13)9-11(3)4/h7-10H,1-2H2,3-6H3. The first kappa shape index (κ1) is 13.3. The van der Waals surface area contributed by atoms with Gasteiger partial charge in [-0.15, -0.1) is 0 Å². The lowest BCUT2D eigenvalue weighted by Gasteiger charge is -1.93. The third kappa shape index (κ3) is 3.10. The highest BCUT2D eigenvalue weighted by molar-refractivity contribution is 5.76. The van der Waals surface area contributed by atoms with Gasteiger partial charge in [0.25, 0.3) is 0 Å². The Balaban J connectivity index is 3.49. The zero-order valence-electron chi connectivity index (χ0n) is 11.1. The van der Waals surface area contributed by atoms with Crippen LogP contribution >= 0.6 is 0 Å². The highest BCUT2D eigenvalue weighted by Crippen LogP contribution is 2.28. The van der Waals surface area contributed by atoms with Crippen LogP contribution < -0.4 is 0 Å². The molecule has 0 aliphatic carbocycles. The molecular weight excluding hydrogens is 208 g/mol. The molecule has 0 N–H and O–H groups in total. The van der Waals surface area contributed by atoms with E-state index in [1.807, 2.05) is 52.0 Å². The van der Waals surface area contributed by atoms with Crippen LogP contribution in [0.4, 0.5) is 0 Å². The van der Waals surface area contributed by atoms with Gasteiger partial charge < -0.3 is 4.42 Å². The average molecular weight is 228 g/mol. The van der Waals surface area contributed by atoms with E-state index in [0.29, 0.717) is 0 Å². The predicted molar refractivity (Wildman–Crippen MR) is 77.5 cm³/mol. The van der Waals surface area contributed by atoms with Crippen molar-refractivity contribution >= 4 is 24.3 Å². The fourth-order valence-electron chi connectivity index (χ4n) is 1.65. The first-order valence-corrected chi connectivity index (χ1v) is 5.71. The molecule has 0 amide bonds. The van der Waals surface area contributed by atoms with E-state index in [9.17, 15) is 0 Å². The van der Waals surface area contributed by atoms with E-state index in [4.69, 9.17) is 4.42 Å². The summed E-state index contributed by atoms with van der Waals surface area (Å²) in [5.74, 6) is 1.70. The molecule has 0 saturated heterocycles. The average Bonchev–Trinajstić information content (AvgIpc) is 2.52. The molecule has 0 fully saturated rings. The minimum Gasteiger partial charge on any atom is -0.456 e. The molecule has 0 bridgehead atoms. The fourth-order valence-corrected chi connectivity index (χ4v) is 1.65. The van der Waals surface area contributed by atoms with Gasteiger partial charge >= 0.3 is 0 Å². The summed E-state index contributed by atoms with van der Waals surface area (Å²) >= 11 is 0. The van der Waals surface area contributed by atoms with Crippen molar-refractivity contribution in [3.05, 3.63) is 47.0 Å². The summed E-state index contributed by atoms with van der Waals surface area (Å²) in [5.41, 5.74) is 4.41. The third-order valence-corrected chi connectivity index (χ3v) is 2.29. The molecule has 1 heteroatoms. The molecule has 0 radical (unpaired) electrons. The van der Waals surface area contributed by atoms with E-state index in [0.717, 1.165) is 22.6 Å². The van der Waals surface area contributed by atoms with Crippen LogP contribution in [0.15, 0.2) is 28.7 Å². The maximum atomic E-state index is 5.85. The Bertz CT molecular complexity index is 443. The topological polar surface area (TPSA) is 13.1 Å². The summed E-state index contributed by atoms with van der Waals surface area (Å²) < 4.78 is 5.85. The monoisotopic (exact) mass is 228 g/mol. The molecule has 0 aliphatic rings. The highest BCUT2D eigenvalue weighted by atomic mass is 16.3. The second-order valence-electron chi connectivity index (χ2n) is 4.51. The minimum atomic E-state index is 0.849. The van der Waals surface area contributed by atoms with Gasteiger partial charge in [-0.1, -0.05) is 36.5 Å². The largest absolute Gasteiger partial charge is 0.456 e. The zero-order chi connectivity index (χ0) is 13.0. The van der Waals surface area contributed by atoms with Crippen LogP contribution in [0.2, 0.25) is 0 Å². The summed E-state index contributed by atoms with van der Waals surface area (Å²) in [6, 6.07) is 0. The van der Waals surface area contributed by atoms with Crippen LogP contribution in [0, 0.1) is 0 Å². The molecule has 1 aromatic rings. The lowest BCUT2D eigenvalue weighted by molar-refractivity contribution is 0.545. The number of rotatable bonds is 4. The first-order chi connectivity index (χ1) is 7.99. The van der Waals surface area contributed by atoms with Gasteiger partial charge in [-0.25, -0.2) is 0 Å². The molecule has 0 aromatic carbocycles. The molecular formula is C16H20O. The Morgan fingerprint density at radius 2 is 1.18 bits per heavy atom. The Morgan fingerprint density at radius 1 is 0.824 bits per heavy atom. The zero-order valence-corrected chi connectivity index (χ0v) is 11.1. The van der Waals surface area contributed by atoms with Gasteiger partial charge in [-0.05, 0) is 39.8 Å². The van der Waals surface area contributed by atoms with Gasteiger partial charge in [0.05, 0.1) is 0 Å². The van der Waals surface area contributed by atoms with E-state index in [1.165, 1.54) is 11.1 Å². The Kier molecular flexibility index (Phi) is 4.33. The maximum absolute atomic E-state index is 5.85. The van der Waals surface area contributed by atoms with Crippen molar-refractivity contribution in [1.29, 1.82) is 0 Å². The maximum Gasteiger partial charge on any atom is 0.135 e. The van der Waals surface area contributed by atoms with Gasteiger partial charge in [0.1, 0.15) is 11.5 Å². The molecule has 0 spiro atoms. The summed E-state index contributed by atoms with van der Waals surface area (Å²) in [7, 11) is 0. The second-order valence-corrected chi connectivity index (χ2v) is 4.51. The molecule has 1 aromatic heterocycles. The predicted octanol–water partition coefficient (Wildman–Crippen LogP) is 5.41. The molecule has 1 nitrogen and oxygen atoms in total. The smallest absolute Gasteiger partial charge is 0.135 e. The van der Waals surface area contributed by atoms with Gasteiger partial charge in [-0.2, -0.15) is 0 Å². The quantitative estimate of drug-likeness (QED) is 0.671. The van der Waals surface area contributed by atoms with Crippen molar-refractivity contribution in [2.24, 2.45) is 0 Å². The number of furan rings is 1. The van der Waals surface area contributed by atoms with Crippen molar-refractivity contribution in [3.8, 4) is 0 Å². The summed E-state index contributed by atoms with van der Waals surface area (Å²) in [4.78, 5) is 0. The highest BCUT2D eigenvalue weighted by Gasteiger charge is 2.12. The van der Waals surface area contributed by atoms with Crippen molar-refractivity contribution in [2.75, 3.05) is 0 Å². The van der Waals surface area contributed by atoms with Gasteiger partial charge in [0.15, 0.2) is 0 Å². The van der Waals surface area contributed by atoms with Crippen LogP contribution in [0.5, 0.6) is 0 Å². The molecule has 0 atom stereocenters. The molecule has 1 rings (SSSR count). The lowest BCUT2D eigenvalue weighted by Crippen LogP contribution is -1.78. The van der Waals surface area contributed by atoms with Crippen molar-refractivity contribution in [3.63, 3.8) is 0 Å². The molecule has 1 heterocycles. The summed E-state index contributed by atoms with van der Waals surface area (Å²) in [6.07, 6.45) is 7.67. The Morgan fingerprint density at radius 3 is 1.41 bits per heavy atom. The van der Waals surface area contributed by atoms with Crippen molar-refractivity contribution in [1.82, 2.24) is 0 Å². The second kappa shape index (κ2) is 5.53. The van der Waals surface area contributed by atoms with Crippen LogP contribution in [0.25, 0.3) is 24.3 Å². The molecule has 90 valence electrons. The van der Waals surface area contributed by atoms with Crippen LogP contribution in [0.3, 0.4) is 0 Å². The van der Waals surface area contributed by atoms with Gasteiger partial charge in [0, 0.05) is 11.1 Å². The number of hydrogen-bond donors (Lipinski definition) is 0. The van der Waals surface area contributed by atoms with Gasteiger partial charge in [-0.3, -0.25) is 0 Å². The molecule has 17 heavy (non-hydrogen) atoms. The third-order valence-electron chi connectivity index (χ3n) is 2.29. The molecule has 0 aliphatic heterocycles. The molecule has 0 saturated carbocycles. The van der Waals surface area contributed by atoms with Crippen molar-refractivity contribution < 1.29 is 4.42 Å². The van der Waals surface area contributed by atoms with E-state index in [-0.39, 0.29) is 0 Å². The van der Waals surface area contributed by atoms with Crippen LogP contribution in [0.1, 0.15) is 50.3 Å². The number of hydrogen-bond acceptors (Lipinski definition) is 1. The van der Waals surface area contributed by atoms with E-state index >= 15 is 0 Å².